The van der Waals surface area contributed by atoms with Crippen LogP contribution < -0.4 is 5.46 Å². The maximum absolute atomic E-state index is 8.70. The van der Waals surface area contributed by atoms with Gasteiger partial charge in [0.1, 0.15) is 0 Å². The van der Waals surface area contributed by atoms with Crippen LogP contribution in [0.4, 0.5) is 0 Å². The van der Waals surface area contributed by atoms with Crippen molar-refractivity contribution in [2.75, 3.05) is 0 Å². The summed E-state index contributed by atoms with van der Waals surface area (Å²) in [4.78, 5) is 0. The Morgan fingerprint density at radius 1 is 1.00 bits per heavy atom. The van der Waals surface area contributed by atoms with Crippen LogP contribution in [0.1, 0.15) is 0 Å². The van der Waals surface area contributed by atoms with E-state index >= 15 is 0 Å². The summed E-state index contributed by atoms with van der Waals surface area (Å²) in [5.74, 6) is 0.249. The number of phenols is 1. The monoisotopic (exact) mass is 138 g/mol. The quantitative estimate of drug-likeness (QED) is 0.505. The fraction of sp³-hybridized carbons (Fsp3) is 0. The van der Waals surface area contributed by atoms with E-state index in [2.05, 4.69) is 0 Å². The Morgan fingerprint density at radius 3 is 1.70 bits per heavy atom. The summed E-state index contributed by atoms with van der Waals surface area (Å²) in [5, 5.41) is 8.70. The Bertz CT molecular complexity index is 152. The summed E-state index contributed by atoms with van der Waals surface area (Å²) in [6.07, 6.45) is 0. The summed E-state index contributed by atoms with van der Waals surface area (Å²) in [6, 6.07) is 6.40. The van der Waals surface area contributed by atoms with Crippen LogP contribution in [0.2, 0.25) is 0 Å². The molecule has 1 rings (SSSR count). The van der Waals surface area contributed by atoms with Crippen LogP contribution in [0.25, 0.3) is 0 Å². The molecule has 0 saturated heterocycles. The van der Waals surface area contributed by atoms with Gasteiger partial charge in [-0.1, -0.05) is 0 Å². The maximum atomic E-state index is 8.70. The third-order valence-electron chi connectivity index (χ3n) is 0.893. The molecule has 0 spiro atoms. The van der Waals surface area contributed by atoms with Crippen LogP contribution in [-0.2, 0) is 0 Å². The minimum absolute atomic E-state index is 0. The SMILES string of the molecule is [B+2]c1ccc(O)cc1.[OH-].[OH-]. The van der Waals surface area contributed by atoms with Crippen LogP contribution in [0, 0.1) is 0 Å². The van der Waals surface area contributed by atoms with E-state index in [1.807, 2.05) is 0 Å². The van der Waals surface area contributed by atoms with Crippen LogP contribution in [-0.4, -0.2) is 23.9 Å². The van der Waals surface area contributed by atoms with Crippen molar-refractivity contribution in [3.63, 3.8) is 0 Å². The van der Waals surface area contributed by atoms with Gasteiger partial charge in [0.15, 0.2) is 0 Å². The van der Waals surface area contributed by atoms with E-state index in [4.69, 9.17) is 13.0 Å². The van der Waals surface area contributed by atoms with Gasteiger partial charge in [-0.05, 0) is 0 Å². The zero-order chi connectivity index (χ0) is 5.98. The average molecular weight is 138 g/mol. The van der Waals surface area contributed by atoms with Gasteiger partial charge in [0, 0.05) is 0 Å². The molecule has 0 atom stereocenters. The third kappa shape index (κ3) is 3.12. The van der Waals surface area contributed by atoms with Gasteiger partial charge < -0.3 is 11.0 Å². The fourth-order valence-electron chi connectivity index (χ4n) is 0.474. The molecule has 0 saturated carbocycles. The van der Waals surface area contributed by atoms with Crippen molar-refractivity contribution in [1.29, 1.82) is 0 Å². The van der Waals surface area contributed by atoms with E-state index < -0.39 is 0 Å². The molecule has 0 radical (unpaired) electrons. The van der Waals surface area contributed by atoms with E-state index in [9.17, 15) is 0 Å². The zero-order valence-corrected chi connectivity index (χ0v) is 5.23. The molecule has 0 aliphatic carbocycles. The number of hydrogen-bond donors (Lipinski definition) is 1. The fourth-order valence-corrected chi connectivity index (χ4v) is 0.474. The van der Waals surface area contributed by atoms with Gasteiger partial charge in [-0.15, -0.1) is 0 Å². The first-order chi connectivity index (χ1) is 3.79. The average Bonchev–Trinajstić information content (AvgIpc) is 1.77. The van der Waals surface area contributed by atoms with Gasteiger partial charge in [0.2, 0.25) is 0 Å². The summed E-state index contributed by atoms with van der Waals surface area (Å²) in [5.41, 5.74) is 0.669. The summed E-state index contributed by atoms with van der Waals surface area (Å²) in [7, 11) is 5.32. The molecular weight excluding hydrogens is 131 g/mol. The first kappa shape index (κ1) is 11.8. The topological polar surface area (TPSA) is 80.2 Å². The van der Waals surface area contributed by atoms with Gasteiger partial charge in [0.25, 0.3) is 0 Å². The molecule has 52 valence electrons. The van der Waals surface area contributed by atoms with E-state index in [-0.39, 0.29) is 16.7 Å². The van der Waals surface area contributed by atoms with E-state index in [1.54, 1.807) is 24.3 Å². The minimum atomic E-state index is 0. The zero-order valence-electron chi connectivity index (χ0n) is 5.23. The Hall–Kier alpha value is -0.995. The van der Waals surface area contributed by atoms with Crippen molar-refractivity contribution in [1.82, 2.24) is 0 Å². The van der Waals surface area contributed by atoms with Crippen molar-refractivity contribution in [3.8, 4) is 5.75 Å². The molecule has 10 heavy (non-hydrogen) atoms. The molecule has 0 aromatic heterocycles. The molecule has 4 heteroatoms. The molecule has 3 nitrogen and oxygen atoms in total. The first-order valence-corrected chi connectivity index (χ1v) is 2.33. The molecule has 0 amide bonds. The van der Waals surface area contributed by atoms with E-state index in [0.29, 0.717) is 5.46 Å². The standard InChI is InChI=1S/C6H5BO.2H2O/c7-5-1-3-6(8)4-2-5;;/h1-4,8H;2*1H2/q+2;;/p-2. The van der Waals surface area contributed by atoms with Gasteiger partial charge >= 0.3 is 48.4 Å². The second kappa shape index (κ2) is 4.84. The maximum Gasteiger partial charge on any atom is -0.870 e. The summed E-state index contributed by atoms with van der Waals surface area (Å²) < 4.78 is 0. The Morgan fingerprint density at radius 2 is 1.40 bits per heavy atom. The first-order valence-electron chi connectivity index (χ1n) is 2.33. The molecule has 3 N–H and O–H groups in total. The smallest absolute Gasteiger partial charge is 0.870 e. The number of rotatable bonds is 0. The second-order valence-electron chi connectivity index (χ2n) is 1.59. The van der Waals surface area contributed by atoms with Crippen molar-refractivity contribution < 1.29 is 16.1 Å². The van der Waals surface area contributed by atoms with Crippen molar-refractivity contribution in [2.24, 2.45) is 0 Å². The molecular formula is C6H7BO3. The molecule has 1 aromatic rings. The number of benzene rings is 1. The molecule has 0 aliphatic rings. The normalized spacial score (nSPS) is 7.40. The number of hydrogen-bond acceptors (Lipinski definition) is 3. The van der Waals surface area contributed by atoms with Crippen LogP contribution in [0.15, 0.2) is 24.3 Å². The van der Waals surface area contributed by atoms with Crippen LogP contribution in [0.5, 0.6) is 5.75 Å². The second-order valence-corrected chi connectivity index (χ2v) is 1.59. The molecule has 0 fully saturated rings. The third-order valence-corrected chi connectivity index (χ3v) is 0.893. The van der Waals surface area contributed by atoms with E-state index in [0.717, 1.165) is 0 Å². The molecule has 1 aromatic carbocycles. The Kier molecular flexibility index (Phi) is 5.70. The van der Waals surface area contributed by atoms with E-state index in [1.165, 1.54) is 0 Å². The van der Waals surface area contributed by atoms with Gasteiger partial charge in [-0.3, -0.25) is 0 Å². The van der Waals surface area contributed by atoms with Gasteiger partial charge in [-0.2, -0.15) is 0 Å². The Labute approximate surface area is 60.3 Å². The van der Waals surface area contributed by atoms with Crippen molar-refractivity contribution in [2.45, 2.75) is 0 Å². The summed E-state index contributed by atoms with van der Waals surface area (Å²) >= 11 is 0. The van der Waals surface area contributed by atoms with Gasteiger partial charge in [-0.25, -0.2) is 0 Å². The molecule has 0 aliphatic heterocycles. The Balaban J connectivity index is 0. The van der Waals surface area contributed by atoms with Crippen LogP contribution in [0.3, 0.4) is 0 Å². The van der Waals surface area contributed by atoms with Gasteiger partial charge in [0.05, 0.1) is 0 Å². The van der Waals surface area contributed by atoms with Crippen molar-refractivity contribution >= 4 is 13.3 Å². The molecule has 0 heterocycles. The van der Waals surface area contributed by atoms with Crippen molar-refractivity contribution in [3.05, 3.63) is 24.3 Å². The molecule has 0 unspecified atom stereocenters. The number of phenolic OH excluding ortho intramolecular Hbond substituents is 1. The predicted octanol–water partition coefficient (Wildman–Crippen LogP) is -0.168. The minimum Gasteiger partial charge on any atom is -0.870 e. The molecule has 0 bridgehead atoms. The largest absolute Gasteiger partial charge is 0.870 e. The summed E-state index contributed by atoms with van der Waals surface area (Å²) in [6.45, 7) is 0. The predicted molar refractivity (Wildman–Crippen MR) is 37.4 cm³/mol. The van der Waals surface area contributed by atoms with Crippen LogP contribution >= 0.6 is 0 Å². The number of aromatic hydroxyl groups is 1.